The Kier molecular flexibility index (Phi) is 4.44. The number of sulfone groups is 1. The van der Waals surface area contributed by atoms with Gasteiger partial charge < -0.3 is 0 Å². The zero-order valence-electron chi connectivity index (χ0n) is 13.3. The summed E-state index contributed by atoms with van der Waals surface area (Å²) in [6, 6.07) is 0. The van der Waals surface area contributed by atoms with E-state index in [0.717, 1.165) is 0 Å². The van der Waals surface area contributed by atoms with Gasteiger partial charge in [0.25, 0.3) is 0 Å². The minimum absolute atomic E-state index is 0.0115. The molecular formula is C13H23N3O4S2. The molecule has 1 aliphatic heterocycles. The van der Waals surface area contributed by atoms with Crippen molar-refractivity contribution in [1.82, 2.24) is 14.5 Å². The second-order valence-electron chi connectivity index (χ2n) is 6.70. The summed E-state index contributed by atoms with van der Waals surface area (Å²) in [5, 5.41) is 4.22. The third-order valence-corrected chi connectivity index (χ3v) is 7.27. The molecule has 1 unspecified atom stereocenters. The zero-order chi connectivity index (χ0) is 16.8. The second-order valence-corrected chi connectivity index (χ2v) is 10.5. The van der Waals surface area contributed by atoms with Crippen LogP contribution in [0.2, 0.25) is 0 Å². The predicted molar refractivity (Wildman–Crippen MR) is 83.8 cm³/mol. The quantitative estimate of drug-likeness (QED) is 0.844. The van der Waals surface area contributed by atoms with Crippen molar-refractivity contribution in [3.05, 3.63) is 11.9 Å². The maximum atomic E-state index is 12.6. The first-order valence-electron chi connectivity index (χ1n) is 7.21. The van der Waals surface area contributed by atoms with Crippen LogP contribution in [0.1, 0.15) is 32.9 Å². The van der Waals surface area contributed by atoms with Crippen LogP contribution in [-0.2, 0) is 26.4 Å². The Balaban J connectivity index is 2.26. The van der Waals surface area contributed by atoms with Crippen molar-refractivity contribution in [2.24, 2.45) is 5.92 Å². The summed E-state index contributed by atoms with van der Waals surface area (Å²) in [4.78, 5) is 0.110. The fraction of sp³-hybridized carbons (Fsp3) is 0.769. The minimum atomic E-state index is -3.80. The molecule has 1 saturated heterocycles. The molecule has 0 bridgehead atoms. The van der Waals surface area contributed by atoms with Crippen LogP contribution < -0.4 is 4.72 Å². The number of hydrogen-bond acceptors (Lipinski definition) is 5. The Morgan fingerprint density at radius 1 is 1.45 bits per heavy atom. The molecule has 0 radical (unpaired) electrons. The van der Waals surface area contributed by atoms with Crippen molar-refractivity contribution in [2.45, 2.75) is 51.1 Å². The van der Waals surface area contributed by atoms with E-state index in [1.807, 2.05) is 13.8 Å². The molecule has 0 saturated carbocycles. The van der Waals surface area contributed by atoms with Gasteiger partial charge in [-0.25, -0.2) is 21.6 Å². The lowest BCUT2D eigenvalue weighted by atomic mass is 10.0. The maximum Gasteiger partial charge on any atom is 0.244 e. The first kappa shape index (κ1) is 17.4. The van der Waals surface area contributed by atoms with Gasteiger partial charge in [-0.3, -0.25) is 4.68 Å². The van der Waals surface area contributed by atoms with E-state index < -0.39 is 25.4 Å². The van der Waals surface area contributed by atoms with E-state index in [-0.39, 0.29) is 22.8 Å². The molecule has 7 nitrogen and oxygen atoms in total. The van der Waals surface area contributed by atoms with Gasteiger partial charge in [-0.05, 0) is 26.2 Å². The highest BCUT2D eigenvalue weighted by Crippen LogP contribution is 2.26. The summed E-state index contributed by atoms with van der Waals surface area (Å²) in [6.07, 6.45) is 1.79. The Hall–Kier alpha value is -0.930. The average Bonchev–Trinajstić information content (AvgIpc) is 2.78. The Labute approximate surface area is 132 Å². The van der Waals surface area contributed by atoms with Crippen LogP contribution in [0, 0.1) is 12.8 Å². The zero-order valence-corrected chi connectivity index (χ0v) is 15.0. The average molecular weight is 349 g/mol. The number of aryl methyl sites for hydroxylation is 1. The van der Waals surface area contributed by atoms with Gasteiger partial charge in [-0.1, -0.05) is 13.8 Å². The second kappa shape index (κ2) is 5.61. The number of sulfonamides is 1. The van der Waals surface area contributed by atoms with Crippen LogP contribution in [0.15, 0.2) is 11.1 Å². The molecule has 1 N–H and O–H groups in total. The summed E-state index contributed by atoms with van der Waals surface area (Å²) in [5.41, 5.74) is -0.540. The van der Waals surface area contributed by atoms with Crippen LogP contribution in [0.4, 0.5) is 0 Å². The van der Waals surface area contributed by atoms with Gasteiger partial charge in [0.05, 0.1) is 17.2 Å². The summed E-state index contributed by atoms with van der Waals surface area (Å²) >= 11 is 0. The fourth-order valence-corrected chi connectivity index (χ4v) is 6.51. The van der Waals surface area contributed by atoms with Gasteiger partial charge in [0, 0.05) is 18.3 Å². The molecule has 2 rings (SSSR count). The first-order valence-corrected chi connectivity index (χ1v) is 10.5. The van der Waals surface area contributed by atoms with Crippen molar-refractivity contribution >= 4 is 19.9 Å². The van der Waals surface area contributed by atoms with Gasteiger partial charge in [0.1, 0.15) is 4.90 Å². The highest BCUT2D eigenvalue weighted by molar-refractivity contribution is 7.92. The van der Waals surface area contributed by atoms with Crippen molar-refractivity contribution in [2.75, 3.05) is 11.5 Å². The van der Waals surface area contributed by atoms with Crippen LogP contribution in [0.25, 0.3) is 0 Å². The van der Waals surface area contributed by atoms with Crippen LogP contribution in [0.3, 0.4) is 0 Å². The summed E-state index contributed by atoms with van der Waals surface area (Å²) in [7, 11) is -6.97. The van der Waals surface area contributed by atoms with E-state index in [2.05, 4.69) is 9.82 Å². The molecule has 0 aliphatic carbocycles. The van der Waals surface area contributed by atoms with E-state index >= 15 is 0 Å². The van der Waals surface area contributed by atoms with E-state index in [9.17, 15) is 16.8 Å². The molecule has 0 spiro atoms. The van der Waals surface area contributed by atoms with Crippen molar-refractivity contribution in [3.63, 3.8) is 0 Å². The molecule has 126 valence electrons. The maximum absolute atomic E-state index is 12.6. The molecule has 9 heteroatoms. The number of nitrogens with zero attached hydrogens (tertiary/aromatic N) is 2. The molecule has 1 fully saturated rings. The van der Waals surface area contributed by atoms with Gasteiger partial charge in [-0.15, -0.1) is 0 Å². The van der Waals surface area contributed by atoms with Crippen LogP contribution >= 0.6 is 0 Å². The van der Waals surface area contributed by atoms with Crippen LogP contribution in [0.5, 0.6) is 0 Å². The predicted octanol–water partition coefficient (Wildman–Crippen LogP) is 0.703. The Morgan fingerprint density at radius 3 is 2.59 bits per heavy atom. The Morgan fingerprint density at radius 2 is 2.09 bits per heavy atom. The molecule has 1 aromatic rings. The smallest absolute Gasteiger partial charge is 0.244 e. The molecular weight excluding hydrogens is 326 g/mol. The molecule has 1 aliphatic rings. The Bertz CT molecular complexity index is 765. The number of nitrogens with one attached hydrogen (secondary N) is 1. The number of rotatable bonds is 5. The fourth-order valence-electron chi connectivity index (χ4n) is 2.70. The largest absolute Gasteiger partial charge is 0.271 e. The van der Waals surface area contributed by atoms with Gasteiger partial charge in [0.15, 0.2) is 9.84 Å². The molecule has 1 aromatic heterocycles. The molecule has 1 atom stereocenters. The first-order chi connectivity index (χ1) is 9.92. The minimum Gasteiger partial charge on any atom is -0.271 e. The van der Waals surface area contributed by atoms with E-state index in [0.29, 0.717) is 18.2 Å². The monoisotopic (exact) mass is 349 g/mol. The van der Waals surface area contributed by atoms with E-state index in [1.165, 1.54) is 6.20 Å². The van der Waals surface area contributed by atoms with Crippen LogP contribution in [-0.4, -0.2) is 43.7 Å². The third-order valence-electron chi connectivity index (χ3n) is 3.63. The van der Waals surface area contributed by atoms with Crippen molar-refractivity contribution < 1.29 is 16.8 Å². The van der Waals surface area contributed by atoms with E-state index in [4.69, 9.17) is 0 Å². The van der Waals surface area contributed by atoms with Crippen molar-refractivity contribution in [1.29, 1.82) is 0 Å². The summed E-state index contributed by atoms with van der Waals surface area (Å²) in [5.74, 6) is 0.191. The number of hydrogen-bond donors (Lipinski definition) is 1. The summed E-state index contributed by atoms with van der Waals surface area (Å²) < 4.78 is 52.5. The highest BCUT2D eigenvalue weighted by Gasteiger charge is 2.42. The molecule has 2 heterocycles. The topological polar surface area (TPSA) is 98.1 Å². The normalized spacial score (nSPS) is 25.0. The van der Waals surface area contributed by atoms with Crippen molar-refractivity contribution in [3.8, 4) is 0 Å². The SMILES string of the molecule is Cc1nn(CC(C)C)cc1S(=O)(=O)NC1(C)CCS(=O)(=O)C1. The molecule has 0 aromatic carbocycles. The summed E-state index contributed by atoms with van der Waals surface area (Å²) in [6.45, 7) is 7.94. The number of aromatic nitrogens is 2. The van der Waals surface area contributed by atoms with Gasteiger partial charge in [-0.2, -0.15) is 5.10 Å². The standard InChI is InChI=1S/C13H23N3O4S2/c1-10(2)7-16-8-12(11(3)14-16)22(19,20)15-13(4)5-6-21(17,18)9-13/h8,10,15H,5-7,9H2,1-4H3. The lowest BCUT2D eigenvalue weighted by Gasteiger charge is -2.23. The van der Waals surface area contributed by atoms with Gasteiger partial charge in [0.2, 0.25) is 10.0 Å². The third kappa shape index (κ3) is 3.88. The molecule has 22 heavy (non-hydrogen) atoms. The van der Waals surface area contributed by atoms with Gasteiger partial charge >= 0.3 is 0 Å². The lowest BCUT2D eigenvalue weighted by molar-refractivity contribution is 0.461. The molecule has 0 amide bonds. The highest BCUT2D eigenvalue weighted by atomic mass is 32.2. The van der Waals surface area contributed by atoms with E-state index in [1.54, 1.807) is 18.5 Å². The lowest BCUT2D eigenvalue weighted by Crippen LogP contribution is -2.46.